The molecule has 0 saturated heterocycles. The highest BCUT2D eigenvalue weighted by Gasteiger charge is 2.06. The molecule has 0 saturated carbocycles. The van der Waals surface area contributed by atoms with Crippen molar-refractivity contribution in [3.63, 3.8) is 0 Å². The van der Waals surface area contributed by atoms with Gasteiger partial charge in [-0.1, -0.05) is 23.7 Å². The molecular weight excluding hydrogens is 354 g/mol. The molecule has 0 unspecified atom stereocenters. The smallest absolute Gasteiger partial charge is 0.250 e. The van der Waals surface area contributed by atoms with E-state index in [2.05, 4.69) is 10.6 Å². The van der Waals surface area contributed by atoms with Crippen LogP contribution in [0.5, 0.6) is 0 Å². The van der Waals surface area contributed by atoms with Gasteiger partial charge in [-0.05, 0) is 48.4 Å². The molecule has 0 radical (unpaired) electrons. The third-order valence-electron chi connectivity index (χ3n) is 3.41. The van der Waals surface area contributed by atoms with Crippen LogP contribution in [0.2, 0.25) is 5.02 Å². The van der Waals surface area contributed by atoms with Gasteiger partial charge in [-0.2, -0.15) is 5.26 Å². The number of nitriles is 1. The topological polar surface area (TPSA) is 91.2 Å². The van der Waals surface area contributed by atoms with E-state index < -0.39 is 0 Å². The lowest BCUT2D eigenvalue weighted by atomic mass is 10.1. The molecule has 2 amide bonds. The highest BCUT2D eigenvalue weighted by Crippen LogP contribution is 2.10. The number of ether oxygens (including phenoxy) is 1. The Morgan fingerprint density at radius 2 is 1.65 bits per heavy atom. The van der Waals surface area contributed by atoms with Gasteiger partial charge in [0.05, 0.1) is 11.6 Å². The average molecular weight is 372 g/mol. The van der Waals surface area contributed by atoms with Crippen LogP contribution in [-0.2, 0) is 20.7 Å². The number of carbonyl (C=O) groups excluding carboxylic acids is 2. The lowest BCUT2D eigenvalue weighted by Crippen LogP contribution is -2.31. The zero-order valence-corrected chi connectivity index (χ0v) is 14.8. The van der Waals surface area contributed by atoms with E-state index in [1.54, 1.807) is 36.4 Å². The van der Waals surface area contributed by atoms with Gasteiger partial charge in [0, 0.05) is 17.3 Å². The molecule has 6 nitrogen and oxygen atoms in total. The third-order valence-corrected chi connectivity index (χ3v) is 3.67. The van der Waals surface area contributed by atoms with Crippen molar-refractivity contribution in [3.05, 3.63) is 64.7 Å². The first kappa shape index (κ1) is 19.4. The van der Waals surface area contributed by atoms with Crippen LogP contribution in [-0.4, -0.2) is 31.6 Å². The van der Waals surface area contributed by atoms with Crippen molar-refractivity contribution >= 4 is 29.1 Å². The molecule has 134 valence electrons. The number of benzene rings is 2. The summed E-state index contributed by atoms with van der Waals surface area (Å²) in [5.74, 6) is -0.659. The van der Waals surface area contributed by atoms with E-state index >= 15 is 0 Å². The summed E-state index contributed by atoms with van der Waals surface area (Å²) < 4.78 is 5.10. The summed E-state index contributed by atoms with van der Waals surface area (Å²) in [6, 6.07) is 15.9. The lowest BCUT2D eigenvalue weighted by Gasteiger charge is -2.07. The lowest BCUT2D eigenvalue weighted by molar-refractivity contribution is -0.128. The Hall–Kier alpha value is -2.88. The van der Waals surface area contributed by atoms with Crippen LogP contribution in [0.1, 0.15) is 11.1 Å². The average Bonchev–Trinajstić information content (AvgIpc) is 2.64. The van der Waals surface area contributed by atoms with Gasteiger partial charge in [-0.25, -0.2) is 0 Å². The van der Waals surface area contributed by atoms with Gasteiger partial charge in [0.15, 0.2) is 0 Å². The Morgan fingerprint density at radius 3 is 2.31 bits per heavy atom. The SMILES string of the molecule is N#Cc1ccc(NC(=O)COCC(=O)NCCc2ccc(Cl)cc2)cc1. The van der Waals surface area contributed by atoms with Crippen molar-refractivity contribution in [2.75, 3.05) is 25.1 Å². The van der Waals surface area contributed by atoms with Crippen molar-refractivity contribution in [1.29, 1.82) is 5.26 Å². The number of nitrogens with zero attached hydrogens (tertiary/aromatic N) is 1. The summed E-state index contributed by atoms with van der Waals surface area (Å²) in [5.41, 5.74) is 2.14. The van der Waals surface area contributed by atoms with Gasteiger partial charge >= 0.3 is 0 Å². The van der Waals surface area contributed by atoms with E-state index in [-0.39, 0.29) is 25.0 Å². The molecule has 2 aromatic carbocycles. The molecule has 7 heteroatoms. The van der Waals surface area contributed by atoms with Crippen LogP contribution in [0.3, 0.4) is 0 Å². The van der Waals surface area contributed by atoms with Crippen LogP contribution >= 0.6 is 11.6 Å². The highest BCUT2D eigenvalue weighted by atomic mass is 35.5. The Morgan fingerprint density at radius 1 is 1.00 bits per heavy atom. The van der Waals surface area contributed by atoms with Gasteiger partial charge in [0.2, 0.25) is 11.8 Å². The minimum absolute atomic E-state index is 0.193. The minimum Gasteiger partial charge on any atom is -0.362 e. The van der Waals surface area contributed by atoms with Crippen molar-refractivity contribution in [2.45, 2.75) is 6.42 Å². The van der Waals surface area contributed by atoms with E-state index in [0.717, 1.165) is 5.56 Å². The normalized spacial score (nSPS) is 10.0. The van der Waals surface area contributed by atoms with E-state index in [4.69, 9.17) is 21.6 Å². The molecule has 0 aromatic heterocycles. The molecule has 0 heterocycles. The fraction of sp³-hybridized carbons (Fsp3) is 0.211. The van der Waals surface area contributed by atoms with Crippen molar-refractivity contribution in [2.24, 2.45) is 0 Å². The first-order chi connectivity index (χ1) is 12.6. The molecule has 0 bridgehead atoms. The fourth-order valence-corrected chi connectivity index (χ4v) is 2.24. The quantitative estimate of drug-likeness (QED) is 0.746. The number of amides is 2. The summed E-state index contributed by atoms with van der Waals surface area (Å²) in [7, 11) is 0. The molecule has 0 aliphatic heterocycles. The predicted molar refractivity (Wildman–Crippen MR) is 98.8 cm³/mol. The predicted octanol–water partition coefficient (Wildman–Crippen LogP) is 2.53. The van der Waals surface area contributed by atoms with Crippen molar-refractivity contribution < 1.29 is 14.3 Å². The molecule has 2 N–H and O–H groups in total. The van der Waals surface area contributed by atoms with E-state index in [1.165, 1.54) is 0 Å². The fourth-order valence-electron chi connectivity index (χ4n) is 2.11. The Kier molecular flexibility index (Phi) is 7.62. The summed E-state index contributed by atoms with van der Waals surface area (Å²) in [4.78, 5) is 23.4. The number of hydrogen-bond donors (Lipinski definition) is 2. The second kappa shape index (κ2) is 10.2. The number of hydrogen-bond acceptors (Lipinski definition) is 4. The van der Waals surface area contributed by atoms with Crippen LogP contribution < -0.4 is 10.6 Å². The van der Waals surface area contributed by atoms with Gasteiger partial charge in [0.25, 0.3) is 0 Å². The van der Waals surface area contributed by atoms with Crippen LogP contribution in [0.25, 0.3) is 0 Å². The van der Waals surface area contributed by atoms with Crippen LogP contribution in [0.15, 0.2) is 48.5 Å². The largest absolute Gasteiger partial charge is 0.362 e. The molecule has 26 heavy (non-hydrogen) atoms. The maximum Gasteiger partial charge on any atom is 0.250 e. The molecular formula is C19H18ClN3O3. The number of rotatable bonds is 8. The van der Waals surface area contributed by atoms with E-state index in [1.807, 2.05) is 18.2 Å². The maximum absolute atomic E-state index is 11.7. The highest BCUT2D eigenvalue weighted by molar-refractivity contribution is 6.30. The van der Waals surface area contributed by atoms with Gasteiger partial charge < -0.3 is 15.4 Å². The summed E-state index contributed by atoms with van der Waals surface area (Å²) in [6.07, 6.45) is 0.683. The molecule has 0 spiro atoms. The first-order valence-electron chi connectivity index (χ1n) is 7.96. The van der Waals surface area contributed by atoms with Crippen LogP contribution in [0, 0.1) is 11.3 Å². The van der Waals surface area contributed by atoms with Crippen molar-refractivity contribution in [3.8, 4) is 6.07 Å². The molecule has 0 aliphatic carbocycles. The minimum atomic E-state index is -0.372. The molecule has 0 fully saturated rings. The number of nitrogens with one attached hydrogen (secondary N) is 2. The monoisotopic (exact) mass is 371 g/mol. The zero-order valence-electron chi connectivity index (χ0n) is 14.0. The van der Waals surface area contributed by atoms with Gasteiger partial charge in [-0.15, -0.1) is 0 Å². The molecule has 2 aromatic rings. The number of carbonyl (C=O) groups is 2. The van der Waals surface area contributed by atoms with E-state index in [0.29, 0.717) is 29.2 Å². The maximum atomic E-state index is 11.7. The van der Waals surface area contributed by atoms with Crippen LogP contribution in [0.4, 0.5) is 5.69 Å². The number of anilines is 1. The molecule has 2 rings (SSSR count). The van der Waals surface area contributed by atoms with Gasteiger partial charge in [-0.3, -0.25) is 9.59 Å². The second-order valence-corrected chi connectivity index (χ2v) is 5.89. The third kappa shape index (κ3) is 6.93. The second-order valence-electron chi connectivity index (χ2n) is 5.46. The van der Waals surface area contributed by atoms with Crippen molar-refractivity contribution in [1.82, 2.24) is 5.32 Å². The summed E-state index contributed by atoms with van der Waals surface area (Å²) >= 11 is 5.81. The number of halogens is 1. The summed E-state index contributed by atoms with van der Waals surface area (Å²) in [5, 5.41) is 14.7. The standard InChI is InChI=1S/C19H18ClN3O3/c20-16-5-1-14(2-6-16)9-10-22-18(24)12-26-13-19(25)23-17-7-3-15(11-21)4-8-17/h1-8H,9-10,12-13H2,(H,22,24)(H,23,25). The Labute approximate surface area is 156 Å². The Balaban J connectivity index is 1.60. The zero-order chi connectivity index (χ0) is 18.8. The molecule has 0 atom stereocenters. The van der Waals surface area contributed by atoms with Gasteiger partial charge in [0.1, 0.15) is 13.2 Å². The summed E-state index contributed by atoms with van der Waals surface area (Å²) in [6.45, 7) is 0.0489. The Bertz CT molecular complexity index is 783. The first-order valence-corrected chi connectivity index (χ1v) is 8.33. The van der Waals surface area contributed by atoms with E-state index in [9.17, 15) is 9.59 Å². The molecule has 0 aliphatic rings.